The number of anilines is 2. The Balaban J connectivity index is 2.07. The van der Waals surface area contributed by atoms with E-state index in [1.165, 1.54) is 6.42 Å². The molecule has 1 fully saturated rings. The number of likely N-dealkylation sites (tertiary alicyclic amines) is 1. The zero-order chi connectivity index (χ0) is 13.0. The van der Waals surface area contributed by atoms with E-state index >= 15 is 0 Å². The second-order valence-corrected chi connectivity index (χ2v) is 4.47. The van der Waals surface area contributed by atoms with Gasteiger partial charge in [-0.25, -0.2) is 0 Å². The van der Waals surface area contributed by atoms with Crippen molar-refractivity contribution in [2.75, 3.05) is 44.9 Å². The molecule has 0 bridgehead atoms. The molecule has 1 saturated heterocycles. The molecule has 1 aromatic rings. The molecule has 2 N–H and O–H groups in total. The summed E-state index contributed by atoms with van der Waals surface area (Å²) in [5.41, 5.74) is 0. The van der Waals surface area contributed by atoms with Gasteiger partial charge in [-0.3, -0.25) is 0 Å². The van der Waals surface area contributed by atoms with Gasteiger partial charge in [0.2, 0.25) is 11.9 Å². The minimum atomic E-state index is 0.320. The van der Waals surface area contributed by atoms with Crippen molar-refractivity contribution in [2.45, 2.75) is 18.9 Å². The highest BCUT2D eigenvalue weighted by Gasteiger charge is 2.18. The highest BCUT2D eigenvalue weighted by atomic mass is 16.5. The number of hydrogen-bond acceptors (Lipinski definition) is 7. The fourth-order valence-corrected chi connectivity index (χ4v) is 2.09. The van der Waals surface area contributed by atoms with E-state index in [1.807, 2.05) is 0 Å². The lowest BCUT2D eigenvalue weighted by atomic mass is 10.1. The normalized spacial score (nSPS) is 20.5. The number of methoxy groups -OCH3 is 1. The average Bonchev–Trinajstić information content (AvgIpc) is 2.38. The fraction of sp³-hybridized carbons (Fsp3) is 0.727. The van der Waals surface area contributed by atoms with Crippen LogP contribution in [0, 0.1) is 0 Å². The number of piperidine rings is 1. The van der Waals surface area contributed by atoms with Crippen LogP contribution in [0.1, 0.15) is 12.8 Å². The molecule has 0 aromatic carbocycles. The molecule has 2 heterocycles. The Morgan fingerprint density at radius 3 is 2.72 bits per heavy atom. The highest BCUT2D eigenvalue weighted by molar-refractivity contribution is 5.36. The maximum absolute atomic E-state index is 5.05. The van der Waals surface area contributed by atoms with Crippen LogP contribution < -0.4 is 15.4 Å². The van der Waals surface area contributed by atoms with Crippen molar-refractivity contribution in [3.05, 3.63) is 0 Å². The molecule has 1 atom stereocenters. The molecule has 0 saturated carbocycles. The van der Waals surface area contributed by atoms with E-state index in [4.69, 9.17) is 4.74 Å². The van der Waals surface area contributed by atoms with Gasteiger partial charge in [0.25, 0.3) is 0 Å². The largest absolute Gasteiger partial charge is 0.467 e. The second-order valence-electron chi connectivity index (χ2n) is 4.47. The van der Waals surface area contributed by atoms with Gasteiger partial charge in [0, 0.05) is 19.6 Å². The number of ether oxygens (including phenoxy) is 1. The summed E-state index contributed by atoms with van der Waals surface area (Å²) in [6, 6.07) is 0.696. The number of aromatic nitrogens is 3. The third-order valence-electron chi connectivity index (χ3n) is 2.98. The van der Waals surface area contributed by atoms with E-state index in [0.717, 1.165) is 19.5 Å². The zero-order valence-electron chi connectivity index (χ0n) is 11.1. The van der Waals surface area contributed by atoms with Gasteiger partial charge in [0.15, 0.2) is 0 Å². The van der Waals surface area contributed by atoms with Crippen LogP contribution in [0.4, 0.5) is 11.9 Å². The Kier molecular flexibility index (Phi) is 4.14. The Labute approximate surface area is 107 Å². The Hall–Kier alpha value is -1.63. The van der Waals surface area contributed by atoms with Crippen LogP contribution in [-0.4, -0.2) is 60.2 Å². The first-order valence-corrected chi connectivity index (χ1v) is 6.14. The standard InChI is InChI=1S/C11H20N6O/c1-12-9-14-10(16-11(15-9)18-3)13-8-5-4-6-17(2)7-8/h8H,4-7H2,1-3H3,(H2,12,13,14,15,16). The molecule has 0 aliphatic carbocycles. The molecule has 1 unspecified atom stereocenters. The van der Waals surface area contributed by atoms with Gasteiger partial charge in [-0.2, -0.15) is 15.0 Å². The van der Waals surface area contributed by atoms with Crippen molar-refractivity contribution in [3.8, 4) is 6.01 Å². The molecule has 7 heteroatoms. The molecule has 0 radical (unpaired) electrons. The van der Waals surface area contributed by atoms with Crippen molar-refractivity contribution in [2.24, 2.45) is 0 Å². The molecule has 1 aliphatic heterocycles. The number of likely N-dealkylation sites (N-methyl/N-ethyl adjacent to an activating group) is 1. The van der Waals surface area contributed by atoms with E-state index in [0.29, 0.717) is 23.9 Å². The van der Waals surface area contributed by atoms with Crippen molar-refractivity contribution >= 4 is 11.9 Å². The molecule has 1 aliphatic rings. The zero-order valence-corrected chi connectivity index (χ0v) is 11.1. The monoisotopic (exact) mass is 252 g/mol. The molecule has 0 spiro atoms. The number of hydrogen-bond donors (Lipinski definition) is 2. The summed E-state index contributed by atoms with van der Waals surface area (Å²) >= 11 is 0. The fourth-order valence-electron chi connectivity index (χ4n) is 2.09. The SMILES string of the molecule is CNc1nc(NC2CCCN(C)C2)nc(OC)n1. The van der Waals surface area contributed by atoms with E-state index in [9.17, 15) is 0 Å². The van der Waals surface area contributed by atoms with Crippen LogP contribution in [0.15, 0.2) is 0 Å². The quantitative estimate of drug-likeness (QED) is 0.804. The smallest absolute Gasteiger partial charge is 0.322 e. The summed E-state index contributed by atoms with van der Waals surface area (Å²) in [7, 11) is 5.45. The van der Waals surface area contributed by atoms with E-state index < -0.39 is 0 Å². The first-order chi connectivity index (χ1) is 8.71. The molecule has 100 valence electrons. The van der Waals surface area contributed by atoms with Crippen LogP contribution in [0.2, 0.25) is 0 Å². The first kappa shape index (κ1) is 12.8. The second kappa shape index (κ2) is 5.81. The molecule has 0 amide bonds. The third kappa shape index (κ3) is 3.19. The molecule has 7 nitrogen and oxygen atoms in total. The maximum Gasteiger partial charge on any atom is 0.322 e. The van der Waals surface area contributed by atoms with Gasteiger partial charge < -0.3 is 20.3 Å². The lowest BCUT2D eigenvalue weighted by Crippen LogP contribution is -2.40. The van der Waals surface area contributed by atoms with Crippen LogP contribution in [0.25, 0.3) is 0 Å². The van der Waals surface area contributed by atoms with Crippen molar-refractivity contribution in [1.29, 1.82) is 0 Å². The van der Waals surface area contributed by atoms with Gasteiger partial charge in [-0.15, -0.1) is 0 Å². The van der Waals surface area contributed by atoms with E-state index in [1.54, 1.807) is 14.2 Å². The van der Waals surface area contributed by atoms with Gasteiger partial charge in [-0.1, -0.05) is 0 Å². The van der Waals surface area contributed by atoms with Gasteiger partial charge >= 0.3 is 6.01 Å². The summed E-state index contributed by atoms with van der Waals surface area (Å²) in [5.74, 6) is 1.07. The molecule has 2 rings (SSSR count). The van der Waals surface area contributed by atoms with E-state index in [2.05, 4.69) is 37.5 Å². The number of nitrogens with one attached hydrogen (secondary N) is 2. The molecular weight excluding hydrogens is 232 g/mol. The third-order valence-corrected chi connectivity index (χ3v) is 2.98. The first-order valence-electron chi connectivity index (χ1n) is 6.14. The van der Waals surface area contributed by atoms with Crippen molar-refractivity contribution < 1.29 is 4.74 Å². The van der Waals surface area contributed by atoms with Crippen LogP contribution in [0.5, 0.6) is 6.01 Å². The summed E-state index contributed by atoms with van der Waals surface area (Å²) in [6.45, 7) is 2.16. The topological polar surface area (TPSA) is 75.2 Å². The number of rotatable bonds is 4. The summed E-state index contributed by atoms with van der Waals surface area (Å²) in [4.78, 5) is 14.9. The summed E-state index contributed by atoms with van der Waals surface area (Å²) in [6.07, 6.45) is 2.32. The predicted molar refractivity (Wildman–Crippen MR) is 70.1 cm³/mol. The van der Waals surface area contributed by atoms with Crippen LogP contribution >= 0.6 is 0 Å². The van der Waals surface area contributed by atoms with Gasteiger partial charge in [-0.05, 0) is 26.4 Å². The Morgan fingerprint density at radius 2 is 2.06 bits per heavy atom. The minimum absolute atomic E-state index is 0.320. The highest BCUT2D eigenvalue weighted by Crippen LogP contribution is 2.15. The molecular formula is C11H20N6O. The maximum atomic E-state index is 5.05. The lowest BCUT2D eigenvalue weighted by Gasteiger charge is -2.30. The Morgan fingerprint density at radius 1 is 1.28 bits per heavy atom. The van der Waals surface area contributed by atoms with Crippen molar-refractivity contribution in [1.82, 2.24) is 19.9 Å². The van der Waals surface area contributed by atoms with Gasteiger partial charge in [0.1, 0.15) is 0 Å². The Bertz CT molecular complexity index is 377. The minimum Gasteiger partial charge on any atom is -0.467 e. The van der Waals surface area contributed by atoms with Crippen LogP contribution in [0.3, 0.4) is 0 Å². The predicted octanol–water partition coefficient (Wildman–Crippen LogP) is 0.428. The summed E-state index contributed by atoms with van der Waals surface area (Å²) in [5, 5.41) is 6.23. The van der Waals surface area contributed by atoms with Crippen molar-refractivity contribution in [3.63, 3.8) is 0 Å². The van der Waals surface area contributed by atoms with Crippen LogP contribution in [-0.2, 0) is 0 Å². The average molecular weight is 252 g/mol. The lowest BCUT2D eigenvalue weighted by molar-refractivity contribution is 0.260. The molecule has 1 aromatic heterocycles. The summed E-state index contributed by atoms with van der Waals surface area (Å²) < 4.78 is 5.05. The molecule has 18 heavy (non-hydrogen) atoms. The van der Waals surface area contributed by atoms with Gasteiger partial charge in [0.05, 0.1) is 7.11 Å². The van der Waals surface area contributed by atoms with E-state index in [-0.39, 0.29) is 0 Å². The number of nitrogens with zero attached hydrogens (tertiary/aromatic N) is 4.